The van der Waals surface area contributed by atoms with E-state index in [1.54, 1.807) is 0 Å². The number of nitrogens with zero attached hydrogens (tertiary/aromatic N) is 5. The van der Waals surface area contributed by atoms with Crippen LogP contribution in [0.4, 0.5) is 13.2 Å². The Balaban J connectivity index is 0.000000321. The van der Waals surface area contributed by atoms with E-state index >= 15 is 0 Å². The van der Waals surface area contributed by atoms with Crippen LogP contribution in [0.5, 0.6) is 0 Å². The number of aliphatic carboxylic acids is 1. The van der Waals surface area contributed by atoms with E-state index < -0.39 is 12.1 Å². The molecule has 1 aromatic heterocycles. The molecule has 1 aliphatic rings. The number of tetrazole rings is 1. The lowest BCUT2D eigenvalue weighted by atomic mass is 10.0. The summed E-state index contributed by atoms with van der Waals surface area (Å²) in [5.41, 5.74) is 2.64. The number of hydrogen-bond donors (Lipinski definition) is 3. The molecular weight excluding hydrogens is 367 g/mol. The van der Waals surface area contributed by atoms with Gasteiger partial charge in [-0.1, -0.05) is 6.07 Å². The third-order valence-corrected chi connectivity index (χ3v) is 3.69. The lowest BCUT2D eigenvalue weighted by Gasteiger charge is -2.27. The molecule has 0 aliphatic carbocycles. The summed E-state index contributed by atoms with van der Waals surface area (Å²) < 4.78 is 31.7. The Morgan fingerprint density at radius 3 is 2.52 bits per heavy atom. The molecule has 27 heavy (non-hydrogen) atoms. The van der Waals surface area contributed by atoms with Crippen molar-refractivity contribution in [1.82, 2.24) is 30.8 Å². The highest BCUT2D eigenvalue weighted by atomic mass is 19.4. The van der Waals surface area contributed by atoms with Gasteiger partial charge in [0.25, 0.3) is 0 Å². The molecule has 0 radical (unpaired) electrons. The number of benzene rings is 1. The number of H-pyrrole nitrogens is 1. The second kappa shape index (κ2) is 9.06. The van der Waals surface area contributed by atoms with E-state index in [1.165, 1.54) is 0 Å². The summed E-state index contributed by atoms with van der Waals surface area (Å²) in [6.45, 7) is 4.90. The fourth-order valence-electron chi connectivity index (χ4n) is 2.39. The second-order valence-corrected chi connectivity index (χ2v) is 5.56. The molecule has 1 saturated heterocycles. The van der Waals surface area contributed by atoms with E-state index in [9.17, 15) is 13.2 Å². The van der Waals surface area contributed by atoms with Crippen LogP contribution in [-0.2, 0) is 11.3 Å². The van der Waals surface area contributed by atoms with Crippen molar-refractivity contribution in [1.29, 1.82) is 5.26 Å². The van der Waals surface area contributed by atoms with Crippen LogP contribution in [0.25, 0.3) is 11.4 Å². The van der Waals surface area contributed by atoms with Gasteiger partial charge in [-0.15, -0.1) is 5.10 Å². The van der Waals surface area contributed by atoms with Gasteiger partial charge in [0.1, 0.15) is 0 Å². The van der Waals surface area contributed by atoms with Crippen LogP contribution in [0.3, 0.4) is 0 Å². The Hall–Kier alpha value is -3.04. The molecule has 0 spiro atoms. The average molecular weight is 383 g/mol. The average Bonchev–Trinajstić information content (AvgIpc) is 3.17. The molecule has 9 nitrogen and oxygen atoms in total. The largest absolute Gasteiger partial charge is 0.490 e. The highest BCUT2D eigenvalue weighted by molar-refractivity contribution is 5.73. The van der Waals surface area contributed by atoms with Gasteiger partial charge in [-0.25, -0.2) is 9.89 Å². The Kier molecular flexibility index (Phi) is 6.80. The first kappa shape index (κ1) is 20.3. The van der Waals surface area contributed by atoms with Crippen LogP contribution >= 0.6 is 0 Å². The predicted molar refractivity (Wildman–Crippen MR) is 86.2 cm³/mol. The zero-order chi connectivity index (χ0) is 19.9. The maximum absolute atomic E-state index is 10.6. The van der Waals surface area contributed by atoms with Gasteiger partial charge in [0, 0.05) is 38.3 Å². The Morgan fingerprint density at radius 1 is 1.33 bits per heavy atom. The summed E-state index contributed by atoms with van der Waals surface area (Å²) in [6.07, 6.45) is -5.08. The van der Waals surface area contributed by atoms with Crippen molar-refractivity contribution in [2.24, 2.45) is 0 Å². The summed E-state index contributed by atoms with van der Waals surface area (Å²) in [5.74, 6) is -2.15. The molecule has 2 aromatic rings. The van der Waals surface area contributed by atoms with Crippen molar-refractivity contribution in [2.45, 2.75) is 12.7 Å². The van der Waals surface area contributed by atoms with Gasteiger partial charge in [-0.3, -0.25) is 4.90 Å². The van der Waals surface area contributed by atoms with Gasteiger partial charge in [-0.2, -0.15) is 18.4 Å². The van der Waals surface area contributed by atoms with Gasteiger partial charge in [0.15, 0.2) is 5.82 Å². The number of nitrogens with one attached hydrogen (secondary N) is 2. The van der Waals surface area contributed by atoms with E-state index in [0.29, 0.717) is 11.4 Å². The number of carboxylic acid groups (broad SMARTS) is 1. The predicted octanol–water partition coefficient (Wildman–Crippen LogP) is 0.777. The molecule has 0 amide bonds. The van der Waals surface area contributed by atoms with E-state index in [1.807, 2.05) is 18.2 Å². The normalized spacial score (nSPS) is 14.7. The SMILES string of the molecule is N#Cc1ccc(CN2CCNCC2)c(-c2nnn[nH]2)c1.O=C(O)C(F)(F)F. The molecule has 3 N–H and O–H groups in total. The number of halogens is 3. The van der Waals surface area contributed by atoms with Crippen molar-refractivity contribution < 1.29 is 23.1 Å². The topological polar surface area (TPSA) is 131 Å². The van der Waals surface area contributed by atoms with Gasteiger partial charge >= 0.3 is 12.1 Å². The molecular formula is C15H16F3N7O2. The minimum absolute atomic E-state index is 0.604. The summed E-state index contributed by atoms with van der Waals surface area (Å²) in [7, 11) is 0. The van der Waals surface area contributed by atoms with E-state index in [-0.39, 0.29) is 0 Å². The second-order valence-electron chi connectivity index (χ2n) is 5.56. The number of hydrogen-bond acceptors (Lipinski definition) is 7. The number of carboxylic acids is 1. The number of rotatable bonds is 3. The first-order valence-electron chi connectivity index (χ1n) is 7.81. The minimum atomic E-state index is -5.08. The number of aromatic nitrogens is 4. The van der Waals surface area contributed by atoms with Crippen LogP contribution < -0.4 is 5.32 Å². The van der Waals surface area contributed by atoms with Crippen molar-refractivity contribution in [3.63, 3.8) is 0 Å². The monoisotopic (exact) mass is 383 g/mol. The van der Waals surface area contributed by atoms with E-state index in [4.69, 9.17) is 15.2 Å². The quantitative estimate of drug-likeness (QED) is 0.709. The number of carbonyl (C=O) groups is 1. The van der Waals surface area contributed by atoms with Crippen molar-refractivity contribution in [3.05, 3.63) is 29.3 Å². The van der Waals surface area contributed by atoms with Crippen LogP contribution in [0.1, 0.15) is 11.1 Å². The molecule has 3 rings (SSSR count). The van der Waals surface area contributed by atoms with Crippen molar-refractivity contribution in [2.75, 3.05) is 26.2 Å². The Labute approximate surface area is 151 Å². The summed E-state index contributed by atoms with van der Waals surface area (Å²) in [4.78, 5) is 11.3. The Morgan fingerprint density at radius 2 is 2.00 bits per heavy atom. The molecule has 1 aliphatic heterocycles. The molecule has 0 saturated carbocycles. The molecule has 2 heterocycles. The van der Waals surface area contributed by atoms with Crippen LogP contribution in [-0.4, -0.2) is 69.0 Å². The van der Waals surface area contributed by atoms with Gasteiger partial charge in [0.05, 0.1) is 11.6 Å². The van der Waals surface area contributed by atoms with Gasteiger partial charge in [0.2, 0.25) is 0 Å². The fraction of sp³-hybridized carbons (Fsp3) is 0.400. The van der Waals surface area contributed by atoms with Crippen molar-refractivity contribution in [3.8, 4) is 17.5 Å². The molecule has 12 heteroatoms. The fourth-order valence-corrected chi connectivity index (χ4v) is 2.39. The number of aromatic amines is 1. The smallest absolute Gasteiger partial charge is 0.475 e. The molecule has 1 fully saturated rings. The highest BCUT2D eigenvalue weighted by Crippen LogP contribution is 2.22. The lowest BCUT2D eigenvalue weighted by molar-refractivity contribution is -0.192. The minimum Gasteiger partial charge on any atom is -0.475 e. The van der Waals surface area contributed by atoms with Crippen LogP contribution in [0.15, 0.2) is 18.2 Å². The van der Waals surface area contributed by atoms with E-state index in [2.05, 4.69) is 36.9 Å². The lowest BCUT2D eigenvalue weighted by Crippen LogP contribution is -2.42. The molecule has 144 valence electrons. The number of piperazine rings is 1. The number of alkyl halides is 3. The van der Waals surface area contributed by atoms with Crippen LogP contribution in [0.2, 0.25) is 0 Å². The van der Waals surface area contributed by atoms with E-state index in [0.717, 1.165) is 43.9 Å². The number of nitriles is 1. The molecule has 1 aromatic carbocycles. The molecule has 0 atom stereocenters. The zero-order valence-electron chi connectivity index (χ0n) is 14.0. The van der Waals surface area contributed by atoms with Crippen LogP contribution in [0, 0.1) is 11.3 Å². The maximum atomic E-state index is 10.6. The summed E-state index contributed by atoms with van der Waals surface area (Å²) >= 11 is 0. The summed E-state index contributed by atoms with van der Waals surface area (Å²) in [6, 6.07) is 7.81. The third kappa shape index (κ3) is 6.01. The highest BCUT2D eigenvalue weighted by Gasteiger charge is 2.38. The van der Waals surface area contributed by atoms with Crippen molar-refractivity contribution >= 4 is 5.97 Å². The Bertz CT molecular complexity index is 797. The van der Waals surface area contributed by atoms with Gasteiger partial charge < -0.3 is 10.4 Å². The third-order valence-electron chi connectivity index (χ3n) is 3.69. The summed E-state index contributed by atoms with van der Waals surface area (Å²) in [5, 5.41) is 33.5. The first-order valence-corrected chi connectivity index (χ1v) is 7.81. The van der Waals surface area contributed by atoms with Gasteiger partial charge in [-0.05, 0) is 28.1 Å². The standard InChI is InChI=1S/C13H15N7.C2HF3O2/c14-8-10-1-2-11(9-20-5-3-15-4-6-20)12(7-10)13-16-18-19-17-13;3-2(4,5)1(6)7/h1-2,7,15H,3-6,9H2,(H,16,17,18,19);(H,6,7). The maximum Gasteiger partial charge on any atom is 0.490 e. The molecule has 0 bridgehead atoms. The zero-order valence-corrected chi connectivity index (χ0v) is 14.0. The molecule has 0 unspecified atom stereocenters. The first-order chi connectivity index (χ1) is 12.8.